The number of Topliss-reactive ketones (excluding diaryl/α,β-unsaturated/α-hetero) is 2. The number of ether oxygens (including phenoxy) is 2. The molecule has 2 heterocycles. The number of allylic oxidation sites excluding steroid dienone is 2. The minimum Gasteiger partial charge on any atom is -0.504 e. The summed E-state index contributed by atoms with van der Waals surface area (Å²) in [7, 11) is 2.44. The summed E-state index contributed by atoms with van der Waals surface area (Å²) in [6.07, 6.45) is 0. The molecule has 0 atom stereocenters. The number of carboxylic acids is 1. The standard InChI is InChI=1S/C24H20N4O8/c1-8-13(9-5-7-12(29)22(35-2)19(9)30)14(25)18(28-16(8)24(33)34)11-6-4-10-17(27-11)21(32)15(26)23(36-3)20(10)31/h4-7,29-30H,25-26H2,1-3H3,(H,33,34). The number of fused-ring (bicyclic) bond motifs is 1. The molecule has 7 N–H and O–H groups in total. The second kappa shape index (κ2) is 8.58. The van der Waals surface area contributed by atoms with E-state index in [2.05, 4.69) is 9.97 Å². The fourth-order valence-electron chi connectivity index (χ4n) is 4.03. The van der Waals surface area contributed by atoms with Crippen molar-refractivity contribution in [1.82, 2.24) is 9.97 Å². The third-order valence-electron chi connectivity index (χ3n) is 5.76. The van der Waals surface area contributed by atoms with Gasteiger partial charge in [-0.05, 0) is 36.8 Å². The van der Waals surface area contributed by atoms with Crippen molar-refractivity contribution in [1.29, 1.82) is 0 Å². The van der Waals surface area contributed by atoms with Crippen molar-refractivity contribution >= 4 is 23.2 Å². The Kier molecular flexibility index (Phi) is 5.72. The molecule has 0 bridgehead atoms. The van der Waals surface area contributed by atoms with Crippen LogP contribution in [0, 0.1) is 6.92 Å². The van der Waals surface area contributed by atoms with E-state index in [1.165, 1.54) is 45.4 Å². The topological polar surface area (TPSA) is 208 Å². The average Bonchev–Trinajstić information content (AvgIpc) is 2.84. The lowest BCUT2D eigenvalue weighted by molar-refractivity contribution is 0.0689. The Labute approximate surface area is 203 Å². The van der Waals surface area contributed by atoms with Gasteiger partial charge < -0.3 is 36.3 Å². The number of pyridine rings is 2. The first-order chi connectivity index (χ1) is 17.0. The molecule has 1 aromatic carbocycles. The quantitative estimate of drug-likeness (QED) is 0.346. The number of rotatable bonds is 5. The van der Waals surface area contributed by atoms with Crippen LogP contribution in [0.25, 0.3) is 22.5 Å². The maximum absolute atomic E-state index is 12.8. The second-order valence-electron chi connectivity index (χ2n) is 7.74. The van der Waals surface area contributed by atoms with Crippen LogP contribution in [0.5, 0.6) is 17.2 Å². The number of carbonyl (C=O) groups excluding carboxylic acids is 2. The maximum Gasteiger partial charge on any atom is 0.354 e. The van der Waals surface area contributed by atoms with Crippen LogP contribution < -0.4 is 16.2 Å². The van der Waals surface area contributed by atoms with Gasteiger partial charge in [0.15, 0.2) is 23.0 Å². The Morgan fingerprint density at radius 1 is 0.917 bits per heavy atom. The smallest absolute Gasteiger partial charge is 0.354 e. The van der Waals surface area contributed by atoms with Crippen LogP contribution in [0.15, 0.2) is 35.7 Å². The first kappa shape index (κ1) is 24.0. The highest BCUT2D eigenvalue weighted by atomic mass is 16.5. The monoisotopic (exact) mass is 492 g/mol. The van der Waals surface area contributed by atoms with Gasteiger partial charge >= 0.3 is 5.97 Å². The number of carboxylic acid groups (broad SMARTS) is 1. The molecule has 0 saturated heterocycles. The summed E-state index contributed by atoms with van der Waals surface area (Å²) >= 11 is 0. The van der Waals surface area contributed by atoms with Crippen molar-refractivity contribution in [2.75, 3.05) is 20.0 Å². The maximum atomic E-state index is 12.8. The molecule has 3 aromatic rings. The molecular formula is C24H20N4O8. The minimum absolute atomic E-state index is 0.0185. The van der Waals surface area contributed by atoms with Gasteiger partial charge in [0.2, 0.25) is 17.3 Å². The van der Waals surface area contributed by atoms with Gasteiger partial charge in [-0.15, -0.1) is 0 Å². The molecule has 0 fully saturated rings. The number of aromatic carboxylic acids is 1. The van der Waals surface area contributed by atoms with Crippen molar-refractivity contribution in [3.8, 4) is 39.8 Å². The lowest BCUT2D eigenvalue weighted by atomic mass is 9.93. The summed E-state index contributed by atoms with van der Waals surface area (Å²) < 4.78 is 9.98. The van der Waals surface area contributed by atoms with Gasteiger partial charge in [-0.1, -0.05) is 0 Å². The van der Waals surface area contributed by atoms with E-state index in [1.54, 1.807) is 0 Å². The number of nitrogens with two attached hydrogens (primary N) is 2. The Hall–Kier alpha value is -5.13. The van der Waals surface area contributed by atoms with E-state index < -0.39 is 34.7 Å². The Balaban J connectivity index is 2.01. The van der Waals surface area contributed by atoms with Gasteiger partial charge in [0.05, 0.1) is 31.2 Å². The minimum atomic E-state index is -1.39. The summed E-state index contributed by atoms with van der Waals surface area (Å²) in [6.45, 7) is 1.45. The van der Waals surface area contributed by atoms with Gasteiger partial charge in [0, 0.05) is 11.1 Å². The predicted octanol–water partition coefficient (Wildman–Crippen LogP) is 2.01. The summed E-state index contributed by atoms with van der Waals surface area (Å²) in [6, 6.07) is 5.24. The van der Waals surface area contributed by atoms with E-state index in [0.717, 1.165) is 0 Å². The van der Waals surface area contributed by atoms with Crippen LogP contribution in [0.3, 0.4) is 0 Å². The molecule has 0 radical (unpaired) electrons. The van der Waals surface area contributed by atoms with Gasteiger partial charge in [-0.2, -0.15) is 0 Å². The van der Waals surface area contributed by atoms with Crippen molar-refractivity contribution in [3.63, 3.8) is 0 Å². The number of phenols is 2. The molecule has 12 nitrogen and oxygen atoms in total. The number of nitrogen functional groups attached to an aromatic ring is 1. The van der Waals surface area contributed by atoms with E-state index in [1.807, 2.05) is 0 Å². The van der Waals surface area contributed by atoms with Crippen LogP contribution in [0.1, 0.15) is 36.9 Å². The Morgan fingerprint density at radius 3 is 2.19 bits per heavy atom. The molecule has 0 unspecified atom stereocenters. The SMILES string of the molecule is COC1=C(N)C(=O)c2nc(-c3nc(C(=O)O)c(C)c(-c4ccc(O)c(OC)c4O)c3N)ccc2C1=O. The highest BCUT2D eigenvalue weighted by molar-refractivity contribution is 6.25. The number of ketones is 2. The summed E-state index contributed by atoms with van der Waals surface area (Å²) in [5.41, 5.74) is 11.1. The number of benzene rings is 1. The van der Waals surface area contributed by atoms with Crippen LogP contribution in [0.2, 0.25) is 0 Å². The van der Waals surface area contributed by atoms with E-state index in [4.69, 9.17) is 20.9 Å². The zero-order valence-electron chi connectivity index (χ0n) is 19.2. The molecule has 0 saturated carbocycles. The molecule has 4 rings (SSSR count). The third kappa shape index (κ3) is 3.43. The normalized spacial score (nSPS) is 13.0. The number of anilines is 1. The largest absolute Gasteiger partial charge is 0.504 e. The number of carbonyl (C=O) groups is 3. The van der Waals surface area contributed by atoms with Crippen LogP contribution in [0.4, 0.5) is 5.69 Å². The molecule has 1 aliphatic carbocycles. The molecular weight excluding hydrogens is 472 g/mol. The molecule has 36 heavy (non-hydrogen) atoms. The third-order valence-corrected chi connectivity index (χ3v) is 5.76. The van der Waals surface area contributed by atoms with Crippen molar-refractivity contribution < 1.29 is 39.2 Å². The number of aromatic hydroxyl groups is 2. The van der Waals surface area contributed by atoms with Crippen LogP contribution >= 0.6 is 0 Å². The highest BCUT2D eigenvalue weighted by Crippen LogP contribution is 2.47. The van der Waals surface area contributed by atoms with Crippen LogP contribution in [-0.2, 0) is 4.74 Å². The zero-order valence-corrected chi connectivity index (χ0v) is 19.2. The highest BCUT2D eigenvalue weighted by Gasteiger charge is 2.34. The first-order valence-electron chi connectivity index (χ1n) is 10.3. The van der Waals surface area contributed by atoms with Gasteiger partial charge in [0.25, 0.3) is 0 Å². The molecule has 12 heteroatoms. The molecule has 0 aliphatic heterocycles. The second-order valence-corrected chi connectivity index (χ2v) is 7.74. The Morgan fingerprint density at radius 2 is 1.58 bits per heavy atom. The average molecular weight is 492 g/mol. The van der Waals surface area contributed by atoms with Crippen molar-refractivity contribution in [2.45, 2.75) is 6.92 Å². The molecule has 1 aliphatic rings. The van der Waals surface area contributed by atoms with Gasteiger partial charge in [-0.3, -0.25) is 9.59 Å². The van der Waals surface area contributed by atoms with Crippen molar-refractivity contribution in [2.24, 2.45) is 5.73 Å². The lowest BCUT2D eigenvalue weighted by Crippen LogP contribution is -2.28. The predicted molar refractivity (Wildman–Crippen MR) is 126 cm³/mol. The first-order valence-corrected chi connectivity index (χ1v) is 10.3. The van der Waals surface area contributed by atoms with Crippen LogP contribution in [-0.4, -0.2) is 57.0 Å². The Bertz CT molecular complexity index is 1530. The van der Waals surface area contributed by atoms with E-state index in [0.29, 0.717) is 0 Å². The van der Waals surface area contributed by atoms with Gasteiger partial charge in [-0.25, -0.2) is 14.8 Å². The van der Waals surface area contributed by atoms with E-state index >= 15 is 0 Å². The fraction of sp³-hybridized carbons (Fsp3) is 0.125. The van der Waals surface area contributed by atoms with E-state index in [9.17, 15) is 29.7 Å². The molecule has 0 amide bonds. The molecule has 2 aromatic heterocycles. The number of hydrogen-bond acceptors (Lipinski definition) is 11. The summed E-state index contributed by atoms with van der Waals surface area (Å²) in [5, 5.41) is 30.5. The summed E-state index contributed by atoms with van der Waals surface area (Å²) in [4.78, 5) is 45.8. The number of methoxy groups -OCH3 is 2. The van der Waals surface area contributed by atoms with Gasteiger partial charge in [0.1, 0.15) is 17.1 Å². The molecule has 184 valence electrons. The zero-order chi connectivity index (χ0) is 26.5. The lowest BCUT2D eigenvalue weighted by Gasteiger charge is -2.20. The number of phenolic OH excluding ortho intramolecular Hbond substituents is 2. The molecule has 0 spiro atoms. The number of aromatic nitrogens is 2. The van der Waals surface area contributed by atoms with Crippen molar-refractivity contribution in [3.05, 3.63) is 58.2 Å². The summed E-state index contributed by atoms with van der Waals surface area (Å²) in [5.74, 6) is -4.15. The fourth-order valence-corrected chi connectivity index (χ4v) is 4.03. The van der Waals surface area contributed by atoms with E-state index in [-0.39, 0.29) is 62.3 Å². The number of hydrogen-bond donors (Lipinski definition) is 5. The number of nitrogens with zero attached hydrogens (tertiary/aromatic N) is 2.